The van der Waals surface area contributed by atoms with Gasteiger partial charge in [-0.15, -0.1) is 36.0 Å². The molecule has 0 N–H and O–H groups in total. The Labute approximate surface area is 240 Å². The highest BCUT2D eigenvalue weighted by atomic mass is 19.4. The number of halogens is 6. The second-order valence-corrected chi connectivity index (χ2v) is 8.43. The molecule has 2 heterocycles. The zero-order valence-electron chi connectivity index (χ0n) is 21.2. The van der Waals surface area contributed by atoms with E-state index in [1.807, 2.05) is 0 Å². The number of rotatable bonds is 4. The molecule has 0 unspecified atom stereocenters. The van der Waals surface area contributed by atoms with Crippen LogP contribution in [0.15, 0.2) is 57.4 Å². The number of hydrogen-bond acceptors (Lipinski definition) is 8. The summed E-state index contributed by atoms with van der Waals surface area (Å²) in [4.78, 5) is 14.7. The molecule has 0 aliphatic heterocycles. The number of ether oxygens (including phenoxy) is 2. The number of benzene rings is 3. The van der Waals surface area contributed by atoms with Crippen molar-refractivity contribution in [1.29, 1.82) is 10.5 Å². The Morgan fingerprint density at radius 2 is 1.07 bits per heavy atom. The summed E-state index contributed by atoms with van der Waals surface area (Å²) in [5.74, 6) is -1.71. The molecule has 0 fully saturated rings. The fraction of sp³-hybridized carbons (Fsp3) is 0.0714. The molecule has 5 rings (SSSR count). The second-order valence-electron chi connectivity index (χ2n) is 8.43. The number of nitriles is 2. The van der Waals surface area contributed by atoms with E-state index >= 15 is 0 Å². The first-order valence-corrected chi connectivity index (χ1v) is 11.6. The van der Waals surface area contributed by atoms with Gasteiger partial charge in [0, 0.05) is 0 Å². The molecule has 0 saturated carbocycles. The van der Waals surface area contributed by atoms with E-state index in [9.17, 15) is 36.9 Å². The van der Waals surface area contributed by atoms with E-state index < -0.39 is 46.7 Å². The maximum Gasteiger partial charge on any atom is 0.582 e. The molecular formula is C28H8F6N6O4. The summed E-state index contributed by atoms with van der Waals surface area (Å²) in [7, 11) is 0. The standard InChI is InChI=1S/C28H8F6N6O4/c1-37-24(38-2)26-40-21-19(14-5-9-17(10-6-14)44-28(32,33)34)22-20(39-25(41-22)15(11-35)12-36)18(23(21)42-26)13-3-7-16(8-4-13)43-27(29,30)31/h3-10H. The van der Waals surface area contributed by atoms with Gasteiger partial charge in [0.1, 0.15) is 47.8 Å². The smallest absolute Gasteiger partial charge is 0.440 e. The Balaban J connectivity index is 1.92. The van der Waals surface area contributed by atoms with E-state index in [1.54, 1.807) is 12.1 Å². The van der Waals surface area contributed by atoms with E-state index in [0.717, 1.165) is 24.3 Å². The zero-order chi connectivity index (χ0) is 31.8. The zero-order valence-corrected chi connectivity index (χ0v) is 21.2. The minimum Gasteiger partial charge on any atom is -0.440 e. The largest absolute Gasteiger partial charge is 0.582 e. The number of nitrogens with zero attached hydrogens (tertiary/aromatic N) is 6. The molecule has 3 aromatic carbocycles. The fourth-order valence-electron chi connectivity index (χ4n) is 4.16. The molecule has 0 aliphatic rings. The van der Waals surface area contributed by atoms with Crippen LogP contribution >= 0.6 is 0 Å². The Hall–Kier alpha value is -6.52. The molecule has 0 saturated heterocycles. The SMILES string of the molecule is [C-]#[N+]C([N+]#[C-])=c1nc2c(-c3ccc(OC(F)(F)F)cc3)c3oc(=C(C#N)C#N)nc3c(-c3ccc(OC(F)(F)F)cc3)c2o1. The van der Waals surface area contributed by atoms with E-state index in [2.05, 4.69) is 29.1 Å². The highest BCUT2D eigenvalue weighted by molar-refractivity contribution is 6.15. The van der Waals surface area contributed by atoms with Gasteiger partial charge in [0.05, 0.1) is 11.1 Å². The molecule has 2 aromatic heterocycles. The topological polar surface area (TPSA) is 127 Å². The third kappa shape index (κ3) is 5.51. The fourth-order valence-corrected chi connectivity index (χ4v) is 4.16. The maximum atomic E-state index is 12.7. The number of aromatic nitrogens is 2. The van der Waals surface area contributed by atoms with Crippen molar-refractivity contribution in [1.82, 2.24) is 9.97 Å². The lowest BCUT2D eigenvalue weighted by atomic mass is 9.96. The van der Waals surface area contributed by atoms with E-state index in [1.165, 1.54) is 24.3 Å². The second kappa shape index (κ2) is 10.7. The van der Waals surface area contributed by atoms with Crippen LogP contribution in [0.1, 0.15) is 0 Å². The number of alkyl halides is 6. The van der Waals surface area contributed by atoms with Crippen molar-refractivity contribution in [3.8, 4) is 45.9 Å². The highest BCUT2D eigenvalue weighted by Gasteiger charge is 2.32. The van der Waals surface area contributed by atoms with Crippen LogP contribution in [-0.4, -0.2) is 22.7 Å². The van der Waals surface area contributed by atoms with Gasteiger partial charge in [-0.3, -0.25) is 0 Å². The molecule has 44 heavy (non-hydrogen) atoms. The predicted molar refractivity (Wildman–Crippen MR) is 136 cm³/mol. The van der Waals surface area contributed by atoms with Crippen LogP contribution in [0.25, 0.3) is 65.5 Å². The monoisotopic (exact) mass is 606 g/mol. The summed E-state index contributed by atoms with van der Waals surface area (Å²) in [6.45, 7) is 14.6. The lowest BCUT2D eigenvalue weighted by Crippen LogP contribution is -2.17. The van der Waals surface area contributed by atoms with Crippen LogP contribution in [0.2, 0.25) is 0 Å². The van der Waals surface area contributed by atoms with Crippen LogP contribution in [0.4, 0.5) is 26.3 Å². The van der Waals surface area contributed by atoms with Crippen LogP contribution < -0.4 is 20.6 Å². The Kier molecular flexibility index (Phi) is 7.06. The van der Waals surface area contributed by atoms with Crippen molar-refractivity contribution in [3.63, 3.8) is 0 Å². The van der Waals surface area contributed by atoms with Crippen molar-refractivity contribution >= 4 is 33.6 Å². The number of fused-ring (bicyclic) bond motifs is 2. The van der Waals surface area contributed by atoms with Crippen molar-refractivity contribution in [2.75, 3.05) is 0 Å². The van der Waals surface area contributed by atoms with Crippen molar-refractivity contribution in [2.45, 2.75) is 12.7 Å². The molecule has 5 aromatic rings. The molecule has 0 aliphatic carbocycles. The summed E-state index contributed by atoms with van der Waals surface area (Å²) in [5, 5.41) is 18.8. The molecule has 10 nitrogen and oxygen atoms in total. The van der Waals surface area contributed by atoms with Gasteiger partial charge in [0.2, 0.25) is 5.55 Å². The van der Waals surface area contributed by atoms with Gasteiger partial charge in [-0.2, -0.15) is 10.5 Å². The summed E-state index contributed by atoms with van der Waals surface area (Å²) in [6.07, 6.45) is -9.95. The Morgan fingerprint density at radius 3 is 1.43 bits per heavy atom. The van der Waals surface area contributed by atoms with Gasteiger partial charge in [-0.05, 0) is 35.4 Å². The van der Waals surface area contributed by atoms with Gasteiger partial charge in [-0.1, -0.05) is 24.3 Å². The minimum absolute atomic E-state index is 0.0209. The van der Waals surface area contributed by atoms with Gasteiger partial charge in [0.15, 0.2) is 16.7 Å². The molecule has 16 heteroatoms. The highest BCUT2D eigenvalue weighted by Crippen LogP contribution is 2.42. The van der Waals surface area contributed by atoms with E-state index in [0.29, 0.717) is 0 Å². The molecular weight excluding hydrogens is 598 g/mol. The number of hydrogen-bond donors (Lipinski definition) is 0. The average molecular weight is 606 g/mol. The van der Waals surface area contributed by atoms with Crippen molar-refractivity contribution in [3.05, 3.63) is 82.5 Å². The quantitative estimate of drug-likeness (QED) is 0.175. The van der Waals surface area contributed by atoms with Crippen LogP contribution in [0.3, 0.4) is 0 Å². The van der Waals surface area contributed by atoms with E-state index in [-0.39, 0.29) is 44.5 Å². The molecule has 0 atom stereocenters. The third-order valence-corrected chi connectivity index (χ3v) is 5.78. The summed E-state index contributed by atoms with van der Waals surface area (Å²) in [5.41, 5.74) is -1.60. The van der Waals surface area contributed by atoms with Crippen molar-refractivity contribution < 1.29 is 44.7 Å². The van der Waals surface area contributed by atoms with Crippen LogP contribution in [0.5, 0.6) is 11.5 Å². The molecule has 0 spiro atoms. The molecule has 216 valence electrons. The number of oxazole rings is 2. The first-order valence-electron chi connectivity index (χ1n) is 11.6. The molecule has 0 radical (unpaired) electrons. The summed E-state index contributed by atoms with van der Waals surface area (Å²) < 4.78 is 95.9. The van der Waals surface area contributed by atoms with E-state index in [4.69, 9.17) is 22.0 Å². The Morgan fingerprint density at radius 1 is 0.682 bits per heavy atom. The summed E-state index contributed by atoms with van der Waals surface area (Å²) in [6, 6.07) is 12.1. The van der Waals surface area contributed by atoms with Gasteiger partial charge < -0.3 is 18.3 Å². The lowest BCUT2D eigenvalue weighted by Gasteiger charge is -2.12. The van der Waals surface area contributed by atoms with Gasteiger partial charge in [0.25, 0.3) is 0 Å². The average Bonchev–Trinajstić information content (AvgIpc) is 3.58. The minimum atomic E-state index is -4.97. The first kappa shape index (κ1) is 29.0. The first-order chi connectivity index (χ1) is 20.9. The van der Waals surface area contributed by atoms with Crippen molar-refractivity contribution in [2.24, 2.45) is 0 Å². The van der Waals surface area contributed by atoms with Gasteiger partial charge in [-0.25, -0.2) is 9.97 Å². The predicted octanol–water partition coefficient (Wildman–Crippen LogP) is 6.20. The Bertz CT molecular complexity index is 1990. The molecule has 0 bridgehead atoms. The molecule has 0 amide bonds. The van der Waals surface area contributed by atoms with Gasteiger partial charge >= 0.3 is 24.1 Å². The maximum absolute atomic E-state index is 12.7. The normalized spacial score (nSPS) is 11.3. The lowest BCUT2D eigenvalue weighted by molar-refractivity contribution is -0.275. The van der Waals surface area contributed by atoms with Crippen LogP contribution in [0, 0.1) is 35.8 Å². The third-order valence-electron chi connectivity index (χ3n) is 5.78. The summed E-state index contributed by atoms with van der Waals surface area (Å²) >= 11 is 0. The van der Waals surface area contributed by atoms with Crippen LogP contribution in [-0.2, 0) is 0 Å².